The molecule has 0 aliphatic rings. The van der Waals surface area contributed by atoms with E-state index in [1.807, 2.05) is 63.2 Å². The highest BCUT2D eigenvalue weighted by Gasteiger charge is 2.17. The monoisotopic (exact) mass is 373 g/mol. The summed E-state index contributed by atoms with van der Waals surface area (Å²) in [6, 6.07) is 16.5. The van der Waals surface area contributed by atoms with Crippen LogP contribution in [0.3, 0.4) is 0 Å². The Kier molecular flexibility index (Phi) is 5.54. The molecule has 2 aromatic carbocycles. The minimum atomic E-state index is -0.274. The number of aryl methyl sites for hydroxylation is 3. The summed E-state index contributed by atoms with van der Waals surface area (Å²) >= 11 is 0. The number of carbonyl (C=O) groups excluding carboxylic acids is 2. The summed E-state index contributed by atoms with van der Waals surface area (Å²) in [7, 11) is 1.69. The van der Waals surface area contributed by atoms with Gasteiger partial charge in [0.1, 0.15) is 5.69 Å². The lowest BCUT2D eigenvalue weighted by atomic mass is 10.0. The molecule has 5 heteroatoms. The molecule has 0 aliphatic heterocycles. The van der Waals surface area contributed by atoms with Crippen LogP contribution in [0.15, 0.2) is 60.8 Å². The normalized spacial score (nSPS) is 10.4. The highest BCUT2D eigenvalue weighted by Crippen LogP contribution is 2.23. The largest absolute Gasteiger partial charge is 0.322 e. The Morgan fingerprint density at radius 3 is 2.21 bits per heavy atom. The van der Waals surface area contributed by atoms with Gasteiger partial charge in [-0.1, -0.05) is 35.9 Å². The summed E-state index contributed by atoms with van der Waals surface area (Å²) in [4.78, 5) is 31.2. The third-order valence-corrected chi connectivity index (χ3v) is 4.60. The zero-order chi connectivity index (χ0) is 20.3. The Labute approximate surface area is 165 Å². The second-order valence-electron chi connectivity index (χ2n) is 6.86. The lowest BCUT2D eigenvalue weighted by molar-refractivity contribution is 0.0988. The number of hydrogen-bond donors (Lipinski definition) is 1. The molecule has 5 nitrogen and oxygen atoms in total. The number of nitrogens with zero attached hydrogens (tertiary/aromatic N) is 2. The topological polar surface area (TPSA) is 62.3 Å². The molecule has 142 valence electrons. The Balaban J connectivity index is 1.83. The van der Waals surface area contributed by atoms with E-state index < -0.39 is 0 Å². The van der Waals surface area contributed by atoms with Crippen LogP contribution in [0.25, 0.3) is 0 Å². The number of nitrogens with one attached hydrogen (secondary N) is 1. The van der Waals surface area contributed by atoms with Crippen LogP contribution >= 0.6 is 0 Å². The molecule has 0 atom stereocenters. The van der Waals surface area contributed by atoms with Crippen molar-refractivity contribution in [1.29, 1.82) is 0 Å². The first kappa shape index (κ1) is 19.3. The van der Waals surface area contributed by atoms with Gasteiger partial charge in [-0.2, -0.15) is 0 Å². The molecule has 28 heavy (non-hydrogen) atoms. The second-order valence-corrected chi connectivity index (χ2v) is 6.86. The number of para-hydroxylation sites is 1. The van der Waals surface area contributed by atoms with Crippen LogP contribution < -0.4 is 10.2 Å². The predicted octanol–water partition coefficient (Wildman–Crippen LogP) is 4.54. The maximum atomic E-state index is 12.8. The van der Waals surface area contributed by atoms with Gasteiger partial charge in [-0.05, 0) is 56.2 Å². The molecule has 0 radical (unpaired) electrons. The highest BCUT2D eigenvalue weighted by molar-refractivity contribution is 6.08. The fourth-order valence-electron chi connectivity index (χ4n) is 3.19. The average Bonchev–Trinajstić information content (AvgIpc) is 2.70. The van der Waals surface area contributed by atoms with E-state index in [0.717, 1.165) is 28.1 Å². The zero-order valence-electron chi connectivity index (χ0n) is 16.5. The molecule has 0 saturated heterocycles. The van der Waals surface area contributed by atoms with Crippen molar-refractivity contribution in [3.05, 3.63) is 88.7 Å². The molecule has 0 bridgehead atoms. The number of anilines is 2. The summed E-state index contributed by atoms with van der Waals surface area (Å²) in [6.07, 6.45) is 1.48. The van der Waals surface area contributed by atoms with Crippen molar-refractivity contribution in [1.82, 2.24) is 4.98 Å². The van der Waals surface area contributed by atoms with Gasteiger partial charge < -0.3 is 10.2 Å². The SMILES string of the molecule is Cc1cc(C)c(NC(=O)c2ccnc(C(=O)N(C)c3ccccc3)c2)c(C)c1. The van der Waals surface area contributed by atoms with Crippen LogP contribution in [0, 0.1) is 20.8 Å². The summed E-state index contributed by atoms with van der Waals surface area (Å²) in [5.74, 6) is -0.544. The lowest BCUT2D eigenvalue weighted by Crippen LogP contribution is -2.27. The summed E-state index contributed by atoms with van der Waals surface area (Å²) in [5.41, 5.74) is 5.31. The predicted molar refractivity (Wildman–Crippen MR) is 112 cm³/mol. The van der Waals surface area contributed by atoms with E-state index in [-0.39, 0.29) is 17.5 Å². The van der Waals surface area contributed by atoms with Gasteiger partial charge in [0.05, 0.1) is 0 Å². The van der Waals surface area contributed by atoms with Gasteiger partial charge in [-0.3, -0.25) is 14.6 Å². The number of carbonyl (C=O) groups is 2. The van der Waals surface area contributed by atoms with E-state index in [9.17, 15) is 9.59 Å². The first-order valence-electron chi connectivity index (χ1n) is 9.05. The molecule has 0 spiro atoms. The van der Waals surface area contributed by atoms with Crippen molar-refractivity contribution in [2.24, 2.45) is 0 Å². The third-order valence-electron chi connectivity index (χ3n) is 4.60. The number of amides is 2. The average molecular weight is 373 g/mol. The molecule has 0 saturated carbocycles. The Hall–Kier alpha value is -3.47. The fraction of sp³-hybridized carbons (Fsp3) is 0.174. The molecule has 1 aromatic heterocycles. The number of aromatic nitrogens is 1. The first-order valence-corrected chi connectivity index (χ1v) is 9.05. The molecule has 0 unspecified atom stereocenters. The molecule has 0 aliphatic carbocycles. The molecule has 3 aromatic rings. The van der Waals surface area contributed by atoms with Gasteiger partial charge in [0.15, 0.2) is 0 Å². The molecule has 2 amide bonds. The van der Waals surface area contributed by atoms with Crippen molar-refractivity contribution in [3.8, 4) is 0 Å². The number of pyridine rings is 1. The minimum absolute atomic E-state index is 0.219. The van der Waals surface area contributed by atoms with Gasteiger partial charge >= 0.3 is 0 Å². The van der Waals surface area contributed by atoms with Crippen LogP contribution in [-0.2, 0) is 0 Å². The van der Waals surface area contributed by atoms with Crippen molar-refractivity contribution in [2.45, 2.75) is 20.8 Å². The van der Waals surface area contributed by atoms with Crippen LogP contribution in [0.1, 0.15) is 37.5 Å². The van der Waals surface area contributed by atoms with Crippen LogP contribution in [0.5, 0.6) is 0 Å². The van der Waals surface area contributed by atoms with E-state index >= 15 is 0 Å². The Bertz CT molecular complexity index is 1010. The van der Waals surface area contributed by atoms with E-state index in [2.05, 4.69) is 10.3 Å². The van der Waals surface area contributed by atoms with Crippen molar-refractivity contribution in [3.63, 3.8) is 0 Å². The molecular formula is C23H23N3O2. The fourth-order valence-corrected chi connectivity index (χ4v) is 3.19. The van der Waals surface area contributed by atoms with E-state index in [1.54, 1.807) is 13.1 Å². The van der Waals surface area contributed by atoms with Crippen molar-refractivity contribution >= 4 is 23.2 Å². The molecule has 1 N–H and O–H groups in total. The highest BCUT2D eigenvalue weighted by atomic mass is 16.2. The maximum absolute atomic E-state index is 12.8. The molecule has 0 fully saturated rings. The van der Waals surface area contributed by atoms with Gasteiger partial charge in [0.2, 0.25) is 0 Å². The standard InChI is InChI=1S/C23H23N3O2/c1-15-12-16(2)21(17(3)13-15)25-22(27)18-10-11-24-20(14-18)23(28)26(4)19-8-6-5-7-9-19/h5-14H,1-4H3,(H,25,27). The smallest absolute Gasteiger partial charge is 0.276 e. The van der Waals surface area contributed by atoms with E-state index in [4.69, 9.17) is 0 Å². The zero-order valence-corrected chi connectivity index (χ0v) is 16.5. The molecular weight excluding hydrogens is 350 g/mol. The molecule has 3 rings (SSSR count). The number of rotatable bonds is 4. The van der Waals surface area contributed by atoms with E-state index in [0.29, 0.717) is 5.56 Å². The van der Waals surface area contributed by atoms with Crippen LogP contribution in [-0.4, -0.2) is 23.8 Å². The lowest BCUT2D eigenvalue weighted by Gasteiger charge is -2.17. The minimum Gasteiger partial charge on any atom is -0.322 e. The second kappa shape index (κ2) is 8.05. The van der Waals surface area contributed by atoms with Crippen LogP contribution in [0.4, 0.5) is 11.4 Å². The first-order chi connectivity index (χ1) is 13.4. The van der Waals surface area contributed by atoms with Gasteiger partial charge in [-0.25, -0.2) is 0 Å². The van der Waals surface area contributed by atoms with Crippen molar-refractivity contribution < 1.29 is 9.59 Å². The number of hydrogen-bond acceptors (Lipinski definition) is 3. The van der Waals surface area contributed by atoms with Gasteiger partial charge in [0, 0.05) is 30.2 Å². The van der Waals surface area contributed by atoms with Gasteiger partial charge in [0.25, 0.3) is 11.8 Å². The summed E-state index contributed by atoms with van der Waals surface area (Å²) in [5, 5.41) is 2.96. The quantitative estimate of drug-likeness (QED) is 0.730. The van der Waals surface area contributed by atoms with Crippen molar-refractivity contribution in [2.75, 3.05) is 17.3 Å². The molecule has 1 heterocycles. The summed E-state index contributed by atoms with van der Waals surface area (Å²) in [6.45, 7) is 5.95. The Morgan fingerprint density at radius 2 is 1.57 bits per heavy atom. The number of benzene rings is 2. The third kappa shape index (κ3) is 4.09. The van der Waals surface area contributed by atoms with E-state index in [1.165, 1.54) is 17.2 Å². The summed E-state index contributed by atoms with van der Waals surface area (Å²) < 4.78 is 0. The van der Waals surface area contributed by atoms with Gasteiger partial charge in [-0.15, -0.1) is 0 Å². The maximum Gasteiger partial charge on any atom is 0.276 e. The van der Waals surface area contributed by atoms with Crippen LogP contribution in [0.2, 0.25) is 0 Å². The Morgan fingerprint density at radius 1 is 0.929 bits per heavy atom.